The summed E-state index contributed by atoms with van der Waals surface area (Å²) in [5.41, 5.74) is 6.05. The average molecular weight is 357 g/mol. The first kappa shape index (κ1) is 10.9. The van der Waals surface area contributed by atoms with Crippen LogP contribution in [0.25, 0.3) is 0 Å². The quantitative estimate of drug-likeness (QED) is 0.502. The number of nitrogens with zero attached hydrogens (tertiary/aromatic N) is 1. The first-order valence-electron chi connectivity index (χ1n) is 3.38. The molecule has 1 rings (SSSR count). The molecule has 0 aliphatic rings. The highest BCUT2D eigenvalue weighted by Gasteiger charge is 2.17. The average Bonchev–Trinajstić information content (AvgIpc) is 2.01. The van der Waals surface area contributed by atoms with Gasteiger partial charge in [-0.25, -0.2) is 0 Å². The molecule has 0 radical (unpaired) electrons. The maximum atomic E-state index is 10.6. The number of rotatable bonds is 2. The van der Waals surface area contributed by atoms with Crippen molar-refractivity contribution in [3.05, 3.63) is 35.9 Å². The van der Waals surface area contributed by atoms with E-state index in [1.165, 1.54) is 0 Å². The molecule has 0 atom stereocenters. The lowest BCUT2D eigenvalue weighted by Crippen LogP contribution is -2.03. The Morgan fingerprint density at radius 3 is 2.69 bits per heavy atom. The fraction of sp³-hybridized carbons (Fsp3) is 0.143. The number of halogens is 2. The van der Waals surface area contributed by atoms with Crippen molar-refractivity contribution in [1.29, 1.82) is 0 Å². The van der Waals surface area contributed by atoms with Gasteiger partial charge in [-0.05, 0) is 34.7 Å². The minimum absolute atomic E-state index is 0.103. The Morgan fingerprint density at radius 1 is 1.62 bits per heavy atom. The van der Waals surface area contributed by atoms with Gasteiger partial charge in [-0.2, -0.15) is 0 Å². The van der Waals surface area contributed by atoms with Crippen LogP contribution in [0.5, 0.6) is 0 Å². The van der Waals surface area contributed by atoms with E-state index in [2.05, 4.69) is 15.9 Å². The molecule has 0 bridgehead atoms. The molecule has 2 N–H and O–H groups in total. The number of nitro groups is 1. The van der Waals surface area contributed by atoms with E-state index in [0.29, 0.717) is 9.13 Å². The lowest BCUT2D eigenvalue weighted by atomic mass is 10.2. The predicted molar refractivity (Wildman–Crippen MR) is 61.4 cm³/mol. The van der Waals surface area contributed by atoms with Crippen LogP contribution in [0.2, 0.25) is 0 Å². The summed E-state index contributed by atoms with van der Waals surface area (Å²) < 4.78 is 1.40. The first-order chi connectivity index (χ1) is 6.06. The third-order valence-corrected chi connectivity index (χ3v) is 2.79. The van der Waals surface area contributed by atoms with Gasteiger partial charge in [0.05, 0.1) is 8.49 Å². The number of nitro benzene ring substituents is 1. The van der Waals surface area contributed by atoms with Crippen molar-refractivity contribution in [3.8, 4) is 0 Å². The van der Waals surface area contributed by atoms with Crippen LogP contribution in [0.1, 0.15) is 5.56 Å². The Morgan fingerprint density at radius 2 is 2.23 bits per heavy atom. The van der Waals surface area contributed by atoms with E-state index in [0.717, 1.165) is 4.47 Å². The second kappa shape index (κ2) is 4.34. The molecular formula is C7H6BrIN2O2. The van der Waals surface area contributed by atoms with Crippen LogP contribution in [0.4, 0.5) is 5.69 Å². The van der Waals surface area contributed by atoms with E-state index >= 15 is 0 Å². The predicted octanol–water partition coefficient (Wildman–Crippen LogP) is 2.42. The number of benzene rings is 1. The van der Waals surface area contributed by atoms with E-state index < -0.39 is 4.92 Å². The van der Waals surface area contributed by atoms with Gasteiger partial charge in [-0.1, -0.05) is 15.9 Å². The summed E-state index contributed by atoms with van der Waals surface area (Å²) in [5, 5.41) is 10.6. The molecule has 0 heterocycles. The Labute approximate surface area is 96.9 Å². The molecular weight excluding hydrogens is 351 g/mol. The lowest BCUT2D eigenvalue weighted by molar-refractivity contribution is -0.386. The van der Waals surface area contributed by atoms with Gasteiger partial charge in [0.15, 0.2) is 0 Å². The molecule has 0 fully saturated rings. The first-order valence-corrected chi connectivity index (χ1v) is 5.25. The second-order valence-corrected chi connectivity index (χ2v) is 4.43. The minimum Gasteiger partial charge on any atom is -0.326 e. The second-order valence-electron chi connectivity index (χ2n) is 2.36. The third kappa shape index (κ3) is 2.38. The molecule has 0 spiro atoms. The van der Waals surface area contributed by atoms with Crippen molar-refractivity contribution < 1.29 is 4.92 Å². The molecule has 13 heavy (non-hydrogen) atoms. The molecule has 0 saturated carbocycles. The fourth-order valence-corrected chi connectivity index (χ4v) is 2.79. The molecule has 1 aromatic carbocycles. The van der Waals surface area contributed by atoms with Crippen molar-refractivity contribution in [3.63, 3.8) is 0 Å². The Hall–Kier alpha value is -0.210. The zero-order valence-electron chi connectivity index (χ0n) is 6.46. The number of hydrogen-bond donors (Lipinski definition) is 1. The highest BCUT2D eigenvalue weighted by Crippen LogP contribution is 2.28. The van der Waals surface area contributed by atoms with Crippen molar-refractivity contribution in [2.75, 3.05) is 0 Å². The van der Waals surface area contributed by atoms with Crippen molar-refractivity contribution in [2.45, 2.75) is 6.54 Å². The van der Waals surface area contributed by atoms with Crippen molar-refractivity contribution in [1.82, 2.24) is 0 Å². The summed E-state index contributed by atoms with van der Waals surface area (Å²) in [7, 11) is 0. The molecule has 0 aromatic heterocycles. The van der Waals surface area contributed by atoms with Crippen LogP contribution in [0, 0.1) is 13.7 Å². The van der Waals surface area contributed by atoms with Crippen LogP contribution in [-0.4, -0.2) is 4.92 Å². The molecule has 6 heteroatoms. The summed E-state index contributed by atoms with van der Waals surface area (Å²) in [4.78, 5) is 10.2. The summed E-state index contributed by atoms with van der Waals surface area (Å²) in [6.07, 6.45) is 0. The Kier molecular flexibility index (Phi) is 3.63. The molecule has 0 aliphatic heterocycles. The van der Waals surface area contributed by atoms with E-state index in [1.807, 2.05) is 22.6 Å². The molecule has 0 amide bonds. The summed E-state index contributed by atoms with van der Waals surface area (Å²) >= 11 is 5.18. The minimum atomic E-state index is -0.406. The van der Waals surface area contributed by atoms with E-state index in [1.54, 1.807) is 12.1 Å². The van der Waals surface area contributed by atoms with Gasteiger partial charge < -0.3 is 5.73 Å². The van der Waals surface area contributed by atoms with E-state index in [4.69, 9.17) is 5.73 Å². The fourth-order valence-electron chi connectivity index (χ4n) is 0.979. The standard InChI is InChI=1S/C7H6BrIN2O2/c8-5-1-4(3-10)7(11(12)13)6(9)2-5/h1-2H,3,10H2. The zero-order chi connectivity index (χ0) is 10.0. The molecule has 0 unspecified atom stereocenters. The summed E-state index contributed by atoms with van der Waals surface area (Å²) in [5.74, 6) is 0. The third-order valence-electron chi connectivity index (χ3n) is 1.51. The zero-order valence-corrected chi connectivity index (χ0v) is 10.2. The van der Waals surface area contributed by atoms with E-state index in [-0.39, 0.29) is 12.2 Å². The summed E-state index contributed by atoms with van der Waals surface area (Å²) in [6.45, 7) is 0.172. The lowest BCUT2D eigenvalue weighted by Gasteiger charge is -2.02. The van der Waals surface area contributed by atoms with Crippen molar-refractivity contribution >= 4 is 44.2 Å². The van der Waals surface area contributed by atoms with Crippen molar-refractivity contribution in [2.24, 2.45) is 5.73 Å². The maximum absolute atomic E-state index is 10.6. The smallest absolute Gasteiger partial charge is 0.287 e. The van der Waals surface area contributed by atoms with Gasteiger partial charge >= 0.3 is 0 Å². The number of hydrogen-bond acceptors (Lipinski definition) is 3. The molecule has 4 nitrogen and oxygen atoms in total. The van der Waals surface area contributed by atoms with Crippen LogP contribution < -0.4 is 5.73 Å². The topological polar surface area (TPSA) is 69.2 Å². The number of nitrogens with two attached hydrogens (primary N) is 1. The highest BCUT2D eigenvalue weighted by atomic mass is 127. The Bertz CT molecular complexity index is 357. The maximum Gasteiger partial charge on any atom is 0.287 e. The van der Waals surface area contributed by atoms with Gasteiger partial charge in [0.2, 0.25) is 0 Å². The normalized spacial score (nSPS) is 10.1. The SMILES string of the molecule is NCc1cc(Br)cc(I)c1[N+](=O)[O-]. The van der Waals surface area contributed by atoms with Gasteiger partial charge in [0.1, 0.15) is 0 Å². The van der Waals surface area contributed by atoms with Crippen LogP contribution in [-0.2, 0) is 6.54 Å². The Balaban J connectivity index is 3.38. The molecule has 0 saturated heterocycles. The molecule has 1 aromatic rings. The highest BCUT2D eigenvalue weighted by molar-refractivity contribution is 14.1. The molecule has 0 aliphatic carbocycles. The van der Waals surface area contributed by atoms with Crippen LogP contribution in [0.15, 0.2) is 16.6 Å². The van der Waals surface area contributed by atoms with Crippen LogP contribution in [0.3, 0.4) is 0 Å². The van der Waals surface area contributed by atoms with Gasteiger partial charge in [-0.3, -0.25) is 10.1 Å². The van der Waals surface area contributed by atoms with Gasteiger partial charge in [0.25, 0.3) is 5.69 Å². The molecule has 70 valence electrons. The summed E-state index contributed by atoms with van der Waals surface area (Å²) in [6, 6.07) is 3.36. The van der Waals surface area contributed by atoms with Crippen LogP contribution >= 0.6 is 38.5 Å². The van der Waals surface area contributed by atoms with Gasteiger partial charge in [0, 0.05) is 16.6 Å². The van der Waals surface area contributed by atoms with Gasteiger partial charge in [-0.15, -0.1) is 0 Å². The van der Waals surface area contributed by atoms with E-state index in [9.17, 15) is 10.1 Å². The monoisotopic (exact) mass is 356 g/mol. The largest absolute Gasteiger partial charge is 0.326 e.